The number of ether oxygens (including phenoxy) is 2. The molecule has 7 nitrogen and oxygen atoms in total. The lowest BCUT2D eigenvalue weighted by Gasteiger charge is -2.26. The van der Waals surface area contributed by atoms with E-state index < -0.39 is 0 Å². The molecule has 1 unspecified atom stereocenters. The van der Waals surface area contributed by atoms with Crippen LogP contribution in [0, 0.1) is 12.7 Å². The van der Waals surface area contributed by atoms with E-state index in [-0.39, 0.29) is 29.9 Å². The van der Waals surface area contributed by atoms with Gasteiger partial charge in [0.1, 0.15) is 18.1 Å². The number of hydrogen-bond donors (Lipinski definition) is 0. The van der Waals surface area contributed by atoms with E-state index >= 15 is 0 Å². The lowest BCUT2D eigenvalue weighted by atomic mass is 10.1. The molecule has 1 amide bonds. The third-order valence-corrected chi connectivity index (χ3v) is 7.01. The van der Waals surface area contributed by atoms with E-state index in [2.05, 4.69) is 5.10 Å². The second kappa shape index (κ2) is 12.2. The largest absolute Gasteiger partial charge is 0.493 e. The highest BCUT2D eigenvalue weighted by Gasteiger charge is 2.24. The number of aryl methyl sites for hydroxylation is 1. The van der Waals surface area contributed by atoms with Crippen molar-refractivity contribution < 1.29 is 18.7 Å². The molecule has 1 saturated heterocycles. The van der Waals surface area contributed by atoms with Crippen LogP contribution in [0.3, 0.4) is 0 Å². The number of amides is 1. The Hall–Kier alpha value is -4.04. The molecule has 1 aromatic heterocycles. The number of rotatable bonds is 10. The van der Waals surface area contributed by atoms with Gasteiger partial charge in [0.25, 0.3) is 5.56 Å². The van der Waals surface area contributed by atoms with Crippen LogP contribution in [-0.4, -0.2) is 46.5 Å². The Morgan fingerprint density at radius 2 is 1.90 bits per heavy atom. The summed E-state index contributed by atoms with van der Waals surface area (Å²) in [5.74, 6) is 0.199. The van der Waals surface area contributed by atoms with Crippen molar-refractivity contribution in [2.24, 2.45) is 0 Å². The highest BCUT2D eigenvalue weighted by atomic mass is 19.1. The number of nitrogens with zero attached hydrogens (tertiary/aromatic N) is 3. The van der Waals surface area contributed by atoms with Crippen LogP contribution in [0.4, 0.5) is 4.39 Å². The molecular formula is C31H32FN3O4. The van der Waals surface area contributed by atoms with Crippen molar-refractivity contribution in [1.82, 2.24) is 14.7 Å². The number of benzene rings is 3. The smallest absolute Gasteiger partial charge is 0.275 e. The number of hydrogen-bond acceptors (Lipinski definition) is 5. The number of aromatic nitrogens is 2. The van der Waals surface area contributed by atoms with Gasteiger partial charge in [0.2, 0.25) is 5.91 Å². The Morgan fingerprint density at radius 3 is 2.69 bits per heavy atom. The molecule has 0 radical (unpaired) electrons. The summed E-state index contributed by atoms with van der Waals surface area (Å²) in [4.78, 5) is 28.4. The first kappa shape index (κ1) is 26.6. The third-order valence-electron chi connectivity index (χ3n) is 7.01. The Balaban J connectivity index is 1.30. The zero-order valence-electron chi connectivity index (χ0n) is 22.0. The van der Waals surface area contributed by atoms with E-state index in [1.54, 1.807) is 23.1 Å². The molecule has 0 N–H and O–H groups in total. The molecule has 3 aromatic carbocycles. The first-order valence-corrected chi connectivity index (χ1v) is 13.3. The second-order valence-corrected chi connectivity index (χ2v) is 9.84. The molecule has 0 saturated carbocycles. The van der Waals surface area contributed by atoms with Crippen LogP contribution < -0.4 is 10.3 Å². The molecule has 1 fully saturated rings. The Bertz CT molecular complexity index is 1510. The molecule has 8 heteroatoms. The summed E-state index contributed by atoms with van der Waals surface area (Å²) in [5, 5.41) is 5.75. The van der Waals surface area contributed by atoms with Crippen molar-refractivity contribution >= 4 is 16.7 Å². The first-order chi connectivity index (χ1) is 19.0. The van der Waals surface area contributed by atoms with Gasteiger partial charge in [-0.25, -0.2) is 9.07 Å². The van der Waals surface area contributed by atoms with Gasteiger partial charge in [-0.2, -0.15) is 5.10 Å². The van der Waals surface area contributed by atoms with E-state index in [9.17, 15) is 14.0 Å². The van der Waals surface area contributed by atoms with Gasteiger partial charge in [0, 0.05) is 31.5 Å². The van der Waals surface area contributed by atoms with E-state index in [0.29, 0.717) is 55.1 Å². The lowest BCUT2D eigenvalue weighted by molar-refractivity contribution is -0.134. The summed E-state index contributed by atoms with van der Waals surface area (Å²) in [7, 11) is 0. The summed E-state index contributed by atoms with van der Waals surface area (Å²) in [6.07, 6.45) is 2.25. The fourth-order valence-corrected chi connectivity index (χ4v) is 4.96. The number of fused-ring (bicyclic) bond motifs is 1. The van der Waals surface area contributed by atoms with Gasteiger partial charge in [0.05, 0.1) is 23.8 Å². The molecule has 202 valence electrons. The van der Waals surface area contributed by atoms with Crippen LogP contribution in [-0.2, 0) is 29.0 Å². The molecule has 1 aliphatic heterocycles. The predicted octanol–water partition coefficient (Wildman–Crippen LogP) is 4.67. The maximum absolute atomic E-state index is 13.9. The van der Waals surface area contributed by atoms with Crippen molar-refractivity contribution in [2.45, 2.75) is 45.4 Å². The Morgan fingerprint density at radius 1 is 1.10 bits per heavy atom. The van der Waals surface area contributed by atoms with Gasteiger partial charge >= 0.3 is 0 Å². The minimum absolute atomic E-state index is 0.0443. The van der Waals surface area contributed by atoms with Crippen LogP contribution in [0.25, 0.3) is 10.8 Å². The zero-order chi connectivity index (χ0) is 27.2. The van der Waals surface area contributed by atoms with Crippen LogP contribution in [0.15, 0.2) is 77.6 Å². The lowest BCUT2D eigenvalue weighted by Crippen LogP contribution is -2.41. The normalized spacial score (nSPS) is 15.0. The highest BCUT2D eigenvalue weighted by Crippen LogP contribution is 2.19. The number of halogens is 1. The number of carbonyl (C=O) groups excluding carboxylic acids is 1. The molecule has 1 atom stereocenters. The zero-order valence-corrected chi connectivity index (χ0v) is 22.0. The average molecular weight is 530 g/mol. The molecule has 0 spiro atoms. The van der Waals surface area contributed by atoms with Gasteiger partial charge in [-0.3, -0.25) is 9.59 Å². The predicted molar refractivity (Wildman–Crippen MR) is 147 cm³/mol. The summed E-state index contributed by atoms with van der Waals surface area (Å²) < 4.78 is 26.9. The van der Waals surface area contributed by atoms with Crippen molar-refractivity contribution in [3.8, 4) is 5.75 Å². The number of carbonyl (C=O) groups is 1. The SMILES string of the molecule is Cc1nn(CC(=O)N(Cc2cccc(OCCc3ccccc3F)c2)CC2CCCO2)c(=O)c2ccccc12. The summed E-state index contributed by atoms with van der Waals surface area (Å²) >= 11 is 0. The minimum atomic E-state index is -0.285. The quantitative estimate of drug-likeness (QED) is 0.299. The average Bonchev–Trinajstić information content (AvgIpc) is 3.46. The summed E-state index contributed by atoms with van der Waals surface area (Å²) in [6.45, 7) is 3.46. The molecule has 5 rings (SSSR count). The first-order valence-electron chi connectivity index (χ1n) is 13.3. The van der Waals surface area contributed by atoms with Crippen molar-refractivity contribution in [3.05, 3.63) is 106 Å². The van der Waals surface area contributed by atoms with Crippen LogP contribution >= 0.6 is 0 Å². The van der Waals surface area contributed by atoms with Gasteiger partial charge < -0.3 is 14.4 Å². The van der Waals surface area contributed by atoms with Gasteiger partial charge in [-0.1, -0.05) is 48.5 Å². The third kappa shape index (κ3) is 6.52. The van der Waals surface area contributed by atoms with Gasteiger partial charge in [-0.15, -0.1) is 0 Å². The molecule has 2 heterocycles. The van der Waals surface area contributed by atoms with Crippen molar-refractivity contribution in [1.29, 1.82) is 0 Å². The van der Waals surface area contributed by atoms with Crippen molar-refractivity contribution in [3.63, 3.8) is 0 Å². The molecule has 0 bridgehead atoms. The molecular weight excluding hydrogens is 497 g/mol. The molecule has 4 aromatic rings. The summed E-state index contributed by atoms with van der Waals surface area (Å²) in [6, 6.07) is 21.5. The van der Waals surface area contributed by atoms with Gasteiger partial charge in [-0.05, 0) is 55.2 Å². The monoisotopic (exact) mass is 529 g/mol. The Labute approximate surface area is 226 Å². The standard InChI is InChI=1S/C31H32FN3O4/c1-22-27-12-3-4-13-28(27)31(37)35(33-22)21-30(36)34(20-26-11-7-16-38-26)19-23-8-6-10-25(18-23)39-17-15-24-9-2-5-14-29(24)32/h2-6,8-10,12-14,18,26H,7,11,15-17,19-21H2,1H3. The van der Waals surface area contributed by atoms with Crippen molar-refractivity contribution in [2.75, 3.05) is 19.8 Å². The van der Waals surface area contributed by atoms with E-state index in [1.807, 2.05) is 55.5 Å². The van der Waals surface area contributed by atoms with E-state index in [1.165, 1.54) is 10.7 Å². The highest BCUT2D eigenvalue weighted by molar-refractivity contribution is 5.83. The molecule has 1 aliphatic rings. The fraction of sp³-hybridized carbons (Fsp3) is 0.323. The maximum Gasteiger partial charge on any atom is 0.275 e. The maximum atomic E-state index is 13.9. The molecule has 39 heavy (non-hydrogen) atoms. The second-order valence-electron chi connectivity index (χ2n) is 9.84. The topological polar surface area (TPSA) is 73.7 Å². The minimum Gasteiger partial charge on any atom is -0.493 e. The molecule has 0 aliphatic carbocycles. The summed E-state index contributed by atoms with van der Waals surface area (Å²) in [5.41, 5.74) is 1.91. The van der Waals surface area contributed by atoms with Crippen LogP contribution in [0.2, 0.25) is 0 Å². The fourth-order valence-electron chi connectivity index (χ4n) is 4.96. The van der Waals surface area contributed by atoms with E-state index in [4.69, 9.17) is 9.47 Å². The Kier molecular flexibility index (Phi) is 8.32. The van der Waals surface area contributed by atoms with E-state index in [0.717, 1.165) is 23.8 Å². The van der Waals surface area contributed by atoms with Crippen LogP contribution in [0.5, 0.6) is 5.75 Å². The van der Waals surface area contributed by atoms with Gasteiger partial charge in [0.15, 0.2) is 0 Å². The van der Waals surface area contributed by atoms with Crippen LogP contribution in [0.1, 0.15) is 29.7 Å².